The normalized spacial score (nSPS) is 21.4. The first-order valence-corrected chi connectivity index (χ1v) is 7.25. The average Bonchev–Trinajstić information content (AvgIpc) is 2.91. The van der Waals surface area contributed by atoms with Gasteiger partial charge in [-0.3, -0.25) is 14.5 Å². The zero-order valence-electron chi connectivity index (χ0n) is 12.4. The monoisotopic (exact) mass is 281 g/mol. The summed E-state index contributed by atoms with van der Waals surface area (Å²) in [6, 6.07) is -0.443. The van der Waals surface area contributed by atoms with E-state index in [9.17, 15) is 14.4 Å². The molecule has 4 amide bonds. The number of urea groups is 1. The van der Waals surface area contributed by atoms with E-state index in [1.807, 2.05) is 20.8 Å². The Bertz CT molecular complexity index is 439. The Kier molecular flexibility index (Phi) is 3.75. The minimum Gasteiger partial charge on any atom is -0.350 e. The number of nitrogens with zero attached hydrogens (tertiary/aromatic N) is 1. The molecular formula is C14H23N3O3. The molecule has 112 valence electrons. The molecule has 2 fully saturated rings. The fraction of sp³-hybridized carbons (Fsp3) is 0.786. The molecule has 1 spiro atoms. The van der Waals surface area contributed by atoms with Crippen molar-refractivity contribution in [2.75, 3.05) is 6.54 Å². The number of carbonyl (C=O) groups is 3. The summed E-state index contributed by atoms with van der Waals surface area (Å²) < 4.78 is 0. The van der Waals surface area contributed by atoms with Crippen LogP contribution in [0.2, 0.25) is 0 Å². The summed E-state index contributed by atoms with van der Waals surface area (Å²) in [5.74, 6) is -0.542. The van der Waals surface area contributed by atoms with Crippen LogP contribution < -0.4 is 10.6 Å². The van der Waals surface area contributed by atoms with Crippen molar-refractivity contribution in [1.29, 1.82) is 0 Å². The van der Waals surface area contributed by atoms with E-state index < -0.39 is 11.6 Å². The van der Waals surface area contributed by atoms with Crippen LogP contribution in [0, 0.1) is 0 Å². The van der Waals surface area contributed by atoms with Gasteiger partial charge in [-0.1, -0.05) is 19.8 Å². The van der Waals surface area contributed by atoms with Gasteiger partial charge in [-0.05, 0) is 33.1 Å². The van der Waals surface area contributed by atoms with Gasteiger partial charge in [0, 0.05) is 5.54 Å². The molecular weight excluding hydrogens is 258 g/mol. The van der Waals surface area contributed by atoms with Crippen LogP contribution >= 0.6 is 0 Å². The number of carbonyl (C=O) groups excluding carboxylic acids is 3. The SMILES string of the molecule is CCC(C)(C)NC(=O)CN1C(=O)NC2(CCCC2)C1=O. The Morgan fingerprint density at radius 1 is 1.35 bits per heavy atom. The summed E-state index contributed by atoms with van der Waals surface area (Å²) >= 11 is 0. The van der Waals surface area contributed by atoms with Crippen LogP contribution in [0.5, 0.6) is 0 Å². The number of amides is 4. The summed E-state index contributed by atoms with van der Waals surface area (Å²) in [6.07, 6.45) is 4.01. The van der Waals surface area contributed by atoms with Crippen molar-refractivity contribution in [2.45, 2.75) is 64.0 Å². The molecule has 6 nitrogen and oxygen atoms in total. The molecule has 2 rings (SSSR count). The number of imide groups is 1. The second-order valence-corrected chi connectivity index (χ2v) is 6.40. The first-order chi connectivity index (χ1) is 9.30. The molecule has 0 aromatic heterocycles. The largest absolute Gasteiger partial charge is 0.350 e. The molecule has 2 aliphatic rings. The number of hydrogen-bond acceptors (Lipinski definition) is 3. The van der Waals surface area contributed by atoms with E-state index in [4.69, 9.17) is 0 Å². The van der Waals surface area contributed by atoms with E-state index in [0.717, 1.165) is 24.2 Å². The highest BCUT2D eigenvalue weighted by Crippen LogP contribution is 2.34. The van der Waals surface area contributed by atoms with Gasteiger partial charge in [0.1, 0.15) is 12.1 Å². The van der Waals surface area contributed by atoms with E-state index in [2.05, 4.69) is 10.6 Å². The molecule has 1 saturated heterocycles. The maximum absolute atomic E-state index is 12.4. The highest BCUT2D eigenvalue weighted by atomic mass is 16.2. The van der Waals surface area contributed by atoms with Crippen molar-refractivity contribution in [3.63, 3.8) is 0 Å². The Hall–Kier alpha value is -1.59. The van der Waals surface area contributed by atoms with Crippen LogP contribution in [0.25, 0.3) is 0 Å². The van der Waals surface area contributed by atoms with Crippen LogP contribution in [-0.4, -0.2) is 40.4 Å². The Balaban J connectivity index is 2.01. The van der Waals surface area contributed by atoms with E-state index in [1.165, 1.54) is 0 Å². The van der Waals surface area contributed by atoms with Gasteiger partial charge in [-0.15, -0.1) is 0 Å². The van der Waals surface area contributed by atoms with E-state index in [1.54, 1.807) is 0 Å². The minimum atomic E-state index is -0.738. The number of rotatable bonds is 4. The molecule has 0 aromatic rings. The maximum atomic E-state index is 12.4. The lowest BCUT2D eigenvalue weighted by Crippen LogP contribution is -2.49. The molecule has 0 unspecified atom stereocenters. The van der Waals surface area contributed by atoms with E-state index >= 15 is 0 Å². The molecule has 6 heteroatoms. The van der Waals surface area contributed by atoms with Crippen molar-refractivity contribution >= 4 is 17.8 Å². The van der Waals surface area contributed by atoms with Crippen LogP contribution in [0.3, 0.4) is 0 Å². The Morgan fingerprint density at radius 3 is 2.50 bits per heavy atom. The molecule has 2 N–H and O–H groups in total. The third kappa shape index (κ3) is 2.64. The van der Waals surface area contributed by atoms with Gasteiger partial charge in [0.05, 0.1) is 0 Å². The highest BCUT2D eigenvalue weighted by Gasteiger charge is 2.52. The van der Waals surface area contributed by atoms with Gasteiger partial charge in [0.15, 0.2) is 0 Å². The molecule has 0 bridgehead atoms. The van der Waals surface area contributed by atoms with Crippen LogP contribution in [-0.2, 0) is 9.59 Å². The summed E-state index contributed by atoms with van der Waals surface area (Å²) in [7, 11) is 0. The zero-order valence-corrected chi connectivity index (χ0v) is 12.4. The summed E-state index contributed by atoms with van der Waals surface area (Å²) in [5.41, 5.74) is -1.07. The fourth-order valence-electron chi connectivity index (χ4n) is 2.79. The third-order valence-corrected chi connectivity index (χ3v) is 4.37. The Labute approximate surface area is 119 Å². The second kappa shape index (κ2) is 5.07. The van der Waals surface area contributed by atoms with E-state index in [0.29, 0.717) is 12.8 Å². The van der Waals surface area contributed by atoms with Crippen molar-refractivity contribution in [1.82, 2.24) is 15.5 Å². The third-order valence-electron chi connectivity index (χ3n) is 4.37. The van der Waals surface area contributed by atoms with Gasteiger partial charge in [-0.25, -0.2) is 4.79 Å². The standard InChI is InChI=1S/C14H23N3O3/c1-4-13(2,3)15-10(18)9-17-11(19)14(16-12(17)20)7-5-6-8-14/h4-9H2,1-3H3,(H,15,18)(H,16,20). The van der Waals surface area contributed by atoms with Crippen molar-refractivity contribution < 1.29 is 14.4 Å². The predicted octanol–water partition coefficient (Wildman–Crippen LogP) is 1.16. The molecule has 20 heavy (non-hydrogen) atoms. The lowest BCUT2D eigenvalue weighted by Gasteiger charge is -2.25. The summed E-state index contributed by atoms with van der Waals surface area (Å²) in [5, 5.41) is 5.61. The zero-order chi connectivity index (χ0) is 15.0. The molecule has 0 atom stereocenters. The molecule has 1 heterocycles. The smallest absolute Gasteiger partial charge is 0.325 e. The van der Waals surface area contributed by atoms with Gasteiger partial charge in [-0.2, -0.15) is 0 Å². The summed E-state index contributed by atoms with van der Waals surface area (Å²) in [4.78, 5) is 37.3. The minimum absolute atomic E-state index is 0.199. The quantitative estimate of drug-likeness (QED) is 0.759. The van der Waals surface area contributed by atoms with Crippen molar-refractivity contribution in [3.05, 3.63) is 0 Å². The van der Waals surface area contributed by atoms with Crippen LogP contribution in [0.1, 0.15) is 52.9 Å². The van der Waals surface area contributed by atoms with Crippen molar-refractivity contribution in [2.24, 2.45) is 0 Å². The summed E-state index contributed by atoms with van der Waals surface area (Å²) in [6.45, 7) is 5.60. The molecule has 0 radical (unpaired) electrons. The lowest BCUT2D eigenvalue weighted by atomic mass is 9.98. The molecule has 1 aliphatic carbocycles. The van der Waals surface area contributed by atoms with Crippen molar-refractivity contribution in [3.8, 4) is 0 Å². The predicted molar refractivity (Wildman–Crippen MR) is 74.0 cm³/mol. The number of nitrogens with one attached hydrogen (secondary N) is 2. The maximum Gasteiger partial charge on any atom is 0.325 e. The second-order valence-electron chi connectivity index (χ2n) is 6.40. The van der Waals surface area contributed by atoms with Gasteiger partial charge in [0.25, 0.3) is 5.91 Å². The Morgan fingerprint density at radius 2 is 1.95 bits per heavy atom. The van der Waals surface area contributed by atoms with E-state index in [-0.39, 0.29) is 23.9 Å². The first-order valence-electron chi connectivity index (χ1n) is 7.25. The van der Waals surface area contributed by atoms with Crippen LogP contribution in [0.15, 0.2) is 0 Å². The van der Waals surface area contributed by atoms with Gasteiger partial charge in [0.2, 0.25) is 5.91 Å². The average molecular weight is 281 g/mol. The first kappa shape index (κ1) is 14.8. The fourth-order valence-corrected chi connectivity index (χ4v) is 2.79. The topological polar surface area (TPSA) is 78.5 Å². The lowest BCUT2D eigenvalue weighted by molar-refractivity contribution is -0.135. The number of hydrogen-bond donors (Lipinski definition) is 2. The van der Waals surface area contributed by atoms with Gasteiger partial charge >= 0.3 is 6.03 Å². The molecule has 0 aromatic carbocycles. The molecule has 1 aliphatic heterocycles. The highest BCUT2D eigenvalue weighted by molar-refractivity contribution is 6.09. The molecule has 1 saturated carbocycles. The van der Waals surface area contributed by atoms with Crippen LogP contribution in [0.4, 0.5) is 4.79 Å². The van der Waals surface area contributed by atoms with Gasteiger partial charge < -0.3 is 10.6 Å².